The Morgan fingerprint density at radius 3 is 2.48 bits per heavy atom. The largest absolute Gasteiger partial charge is 0.446 e. The SMILES string of the molecule is CC(C)(C)NC(=O)OC1CCC(NC(=O)OCc2ccccc2)C(CO)C1. The zero-order valence-electron chi connectivity index (χ0n) is 16.2. The summed E-state index contributed by atoms with van der Waals surface area (Å²) in [6.45, 7) is 5.75. The topological polar surface area (TPSA) is 96.9 Å². The molecule has 0 spiro atoms. The van der Waals surface area contributed by atoms with Gasteiger partial charge in [-0.3, -0.25) is 0 Å². The normalized spacial score (nSPS) is 22.6. The van der Waals surface area contributed by atoms with Crippen molar-refractivity contribution in [2.75, 3.05) is 6.61 Å². The van der Waals surface area contributed by atoms with Crippen molar-refractivity contribution in [3.8, 4) is 0 Å². The van der Waals surface area contributed by atoms with E-state index in [2.05, 4.69) is 10.6 Å². The molecule has 1 aromatic carbocycles. The van der Waals surface area contributed by atoms with Crippen LogP contribution in [0.3, 0.4) is 0 Å². The molecule has 3 atom stereocenters. The molecule has 0 aromatic heterocycles. The first-order chi connectivity index (χ1) is 12.8. The summed E-state index contributed by atoms with van der Waals surface area (Å²) in [5.74, 6) is -0.185. The van der Waals surface area contributed by atoms with Crippen LogP contribution in [0.25, 0.3) is 0 Å². The third kappa shape index (κ3) is 7.46. The molecular weight excluding hydrogens is 348 g/mol. The summed E-state index contributed by atoms with van der Waals surface area (Å²) < 4.78 is 10.7. The fourth-order valence-electron chi connectivity index (χ4n) is 3.12. The third-order valence-electron chi connectivity index (χ3n) is 4.44. The van der Waals surface area contributed by atoms with E-state index < -0.39 is 12.2 Å². The van der Waals surface area contributed by atoms with Crippen LogP contribution in [0.4, 0.5) is 9.59 Å². The number of hydrogen-bond donors (Lipinski definition) is 3. The van der Waals surface area contributed by atoms with E-state index in [-0.39, 0.29) is 36.8 Å². The van der Waals surface area contributed by atoms with Crippen LogP contribution in [0.5, 0.6) is 0 Å². The van der Waals surface area contributed by atoms with Gasteiger partial charge in [-0.15, -0.1) is 0 Å². The molecule has 1 fully saturated rings. The molecule has 7 nitrogen and oxygen atoms in total. The van der Waals surface area contributed by atoms with Gasteiger partial charge in [0.15, 0.2) is 0 Å². The molecule has 2 rings (SSSR count). The predicted molar refractivity (Wildman–Crippen MR) is 101 cm³/mol. The van der Waals surface area contributed by atoms with E-state index in [4.69, 9.17) is 9.47 Å². The lowest BCUT2D eigenvalue weighted by molar-refractivity contribution is 0.0282. The summed E-state index contributed by atoms with van der Waals surface area (Å²) >= 11 is 0. The van der Waals surface area contributed by atoms with Crippen molar-refractivity contribution in [2.24, 2.45) is 5.92 Å². The van der Waals surface area contributed by atoms with Crippen molar-refractivity contribution in [3.05, 3.63) is 35.9 Å². The zero-order valence-corrected chi connectivity index (χ0v) is 16.2. The van der Waals surface area contributed by atoms with Crippen molar-refractivity contribution in [3.63, 3.8) is 0 Å². The van der Waals surface area contributed by atoms with Crippen LogP contribution < -0.4 is 10.6 Å². The minimum absolute atomic E-state index is 0.0929. The molecule has 1 saturated carbocycles. The van der Waals surface area contributed by atoms with Crippen molar-refractivity contribution in [2.45, 2.75) is 64.3 Å². The Balaban J connectivity index is 1.78. The number of carbonyl (C=O) groups excluding carboxylic acids is 2. The van der Waals surface area contributed by atoms with E-state index in [1.54, 1.807) is 0 Å². The summed E-state index contributed by atoms with van der Waals surface area (Å²) in [5.41, 5.74) is 0.544. The van der Waals surface area contributed by atoms with Crippen LogP contribution in [-0.2, 0) is 16.1 Å². The summed E-state index contributed by atoms with van der Waals surface area (Å²) in [4.78, 5) is 24.0. The third-order valence-corrected chi connectivity index (χ3v) is 4.44. The number of benzene rings is 1. The molecule has 7 heteroatoms. The second-order valence-electron chi connectivity index (χ2n) is 7.97. The summed E-state index contributed by atoms with van der Waals surface area (Å²) in [6, 6.07) is 9.23. The lowest BCUT2D eigenvalue weighted by Gasteiger charge is -2.35. The number of aliphatic hydroxyl groups is 1. The van der Waals surface area contributed by atoms with Crippen molar-refractivity contribution < 1.29 is 24.2 Å². The van der Waals surface area contributed by atoms with E-state index in [0.717, 1.165) is 5.56 Å². The molecule has 2 amide bonds. The first kappa shape index (κ1) is 21.0. The monoisotopic (exact) mass is 378 g/mol. The molecule has 0 aliphatic heterocycles. The van der Waals surface area contributed by atoms with Crippen molar-refractivity contribution in [1.82, 2.24) is 10.6 Å². The second kappa shape index (κ2) is 9.60. The van der Waals surface area contributed by atoms with E-state index in [9.17, 15) is 14.7 Å². The van der Waals surface area contributed by atoms with E-state index in [1.165, 1.54) is 0 Å². The first-order valence-corrected chi connectivity index (χ1v) is 9.33. The van der Waals surface area contributed by atoms with Gasteiger partial charge < -0.3 is 25.2 Å². The molecule has 27 heavy (non-hydrogen) atoms. The molecule has 0 saturated heterocycles. The number of nitrogens with one attached hydrogen (secondary N) is 2. The highest BCUT2D eigenvalue weighted by molar-refractivity contribution is 5.68. The number of carbonyl (C=O) groups is 2. The minimum Gasteiger partial charge on any atom is -0.446 e. The number of aliphatic hydroxyl groups excluding tert-OH is 1. The molecule has 1 aliphatic carbocycles. The van der Waals surface area contributed by atoms with Gasteiger partial charge in [-0.2, -0.15) is 0 Å². The van der Waals surface area contributed by atoms with Crippen LogP contribution in [0.2, 0.25) is 0 Å². The van der Waals surface area contributed by atoms with Gasteiger partial charge in [0, 0.05) is 24.1 Å². The van der Waals surface area contributed by atoms with E-state index >= 15 is 0 Å². The molecule has 0 radical (unpaired) electrons. The van der Waals surface area contributed by atoms with Crippen molar-refractivity contribution >= 4 is 12.2 Å². The first-order valence-electron chi connectivity index (χ1n) is 9.33. The summed E-state index contributed by atoms with van der Waals surface area (Å²) in [6.07, 6.45) is 0.488. The Morgan fingerprint density at radius 2 is 1.85 bits per heavy atom. The van der Waals surface area contributed by atoms with E-state index in [0.29, 0.717) is 19.3 Å². The van der Waals surface area contributed by atoms with Gasteiger partial charge in [0.2, 0.25) is 0 Å². The minimum atomic E-state index is -0.507. The Bertz CT molecular complexity index is 615. The second-order valence-corrected chi connectivity index (χ2v) is 7.97. The standard InChI is InChI=1S/C20H30N2O5/c1-20(2,3)22-19(25)27-16-9-10-17(15(11-16)12-23)21-18(24)26-13-14-7-5-4-6-8-14/h4-8,15-17,23H,9-13H2,1-3H3,(H,21,24)(H,22,25). The van der Waals surface area contributed by atoms with Gasteiger partial charge >= 0.3 is 12.2 Å². The predicted octanol–water partition coefficient (Wildman–Crippen LogP) is 2.97. The Kier molecular flexibility index (Phi) is 7.47. The van der Waals surface area contributed by atoms with Gasteiger partial charge in [0.1, 0.15) is 12.7 Å². The van der Waals surface area contributed by atoms with Gasteiger partial charge in [-0.1, -0.05) is 30.3 Å². The van der Waals surface area contributed by atoms with Crippen molar-refractivity contribution in [1.29, 1.82) is 0 Å². The number of hydrogen-bond acceptors (Lipinski definition) is 5. The number of ether oxygens (including phenoxy) is 2. The number of rotatable bonds is 5. The Morgan fingerprint density at radius 1 is 1.15 bits per heavy atom. The molecule has 1 aromatic rings. The molecule has 0 heterocycles. The quantitative estimate of drug-likeness (QED) is 0.732. The van der Waals surface area contributed by atoms with Gasteiger partial charge in [-0.25, -0.2) is 9.59 Å². The highest BCUT2D eigenvalue weighted by Gasteiger charge is 2.33. The zero-order chi connectivity index (χ0) is 19.9. The summed E-state index contributed by atoms with van der Waals surface area (Å²) in [5, 5.41) is 15.3. The van der Waals surface area contributed by atoms with Crippen LogP contribution in [0.15, 0.2) is 30.3 Å². The lowest BCUT2D eigenvalue weighted by atomic mass is 9.83. The van der Waals surface area contributed by atoms with Crippen LogP contribution in [0.1, 0.15) is 45.6 Å². The van der Waals surface area contributed by atoms with Crippen LogP contribution in [0, 0.1) is 5.92 Å². The van der Waals surface area contributed by atoms with Crippen LogP contribution in [-0.4, -0.2) is 41.6 Å². The fraction of sp³-hybridized carbons (Fsp3) is 0.600. The highest BCUT2D eigenvalue weighted by atomic mass is 16.6. The van der Waals surface area contributed by atoms with E-state index in [1.807, 2.05) is 51.1 Å². The number of amides is 2. The molecule has 150 valence electrons. The highest BCUT2D eigenvalue weighted by Crippen LogP contribution is 2.27. The number of alkyl carbamates (subject to hydrolysis) is 2. The maximum Gasteiger partial charge on any atom is 0.407 e. The molecule has 1 aliphatic rings. The Hall–Kier alpha value is -2.28. The fourth-order valence-corrected chi connectivity index (χ4v) is 3.12. The van der Waals surface area contributed by atoms with Gasteiger partial charge in [-0.05, 0) is 45.6 Å². The molecular formula is C20H30N2O5. The maximum absolute atomic E-state index is 12.1. The average molecular weight is 378 g/mol. The van der Waals surface area contributed by atoms with Gasteiger partial charge in [0.25, 0.3) is 0 Å². The smallest absolute Gasteiger partial charge is 0.407 e. The lowest BCUT2D eigenvalue weighted by Crippen LogP contribution is -2.48. The van der Waals surface area contributed by atoms with Gasteiger partial charge in [0.05, 0.1) is 0 Å². The summed E-state index contributed by atoms with van der Waals surface area (Å²) in [7, 11) is 0. The van der Waals surface area contributed by atoms with Crippen LogP contribution >= 0.6 is 0 Å². The maximum atomic E-state index is 12.1. The Labute approximate surface area is 160 Å². The average Bonchev–Trinajstić information content (AvgIpc) is 2.60. The molecule has 3 N–H and O–H groups in total. The molecule has 0 bridgehead atoms. The molecule has 3 unspecified atom stereocenters.